The fourth-order valence-corrected chi connectivity index (χ4v) is 4.73. The van der Waals surface area contributed by atoms with Gasteiger partial charge in [0.25, 0.3) is 0 Å². The number of anilines is 1. The van der Waals surface area contributed by atoms with E-state index in [-0.39, 0.29) is 35.6 Å². The third-order valence-corrected chi connectivity index (χ3v) is 7.06. The van der Waals surface area contributed by atoms with E-state index in [1.165, 1.54) is 24.3 Å². The van der Waals surface area contributed by atoms with Crippen LogP contribution >= 0.6 is 0 Å². The summed E-state index contributed by atoms with van der Waals surface area (Å²) < 4.78 is 56.7. The van der Waals surface area contributed by atoms with E-state index < -0.39 is 15.9 Å². The molecule has 9 heteroatoms. The maximum atomic E-state index is 13.4. The number of aryl methyl sites for hydroxylation is 2. The van der Waals surface area contributed by atoms with Gasteiger partial charge in [-0.2, -0.15) is 8.42 Å². The largest absolute Gasteiger partial charge is 0.379 e. The van der Waals surface area contributed by atoms with Crippen molar-refractivity contribution in [2.24, 2.45) is 0 Å². The Hall–Kier alpha value is -4.24. The Labute approximate surface area is 220 Å². The van der Waals surface area contributed by atoms with Gasteiger partial charge in [0.2, 0.25) is 0 Å². The molecule has 0 saturated carbocycles. The summed E-state index contributed by atoms with van der Waals surface area (Å²) in [5, 5.41) is 2.94. The molecule has 4 aromatic carbocycles. The van der Waals surface area contributed by atoms with Gasteiger partial charge in [0.15, 0.2) is 0 Å². The van der Waals surface area contributed by atoms with Gasteiger partial charge in [-0.25, -0.2) is 13.6 Å². The van der Waals surface area contributed by atoms with E-state index >= 15 is 0 Å². The molecule has 1 N–H and O–H groups in total. The molecule has 38 heavy (non-hydrogen) atoms. The van der Waals surface area contributed by atoms with Gasteiger partial charge in [0.05, 0.1) is 0 Å². The third-order valence-electron chi connectivity index (χ3n) is 5.80. The van der Waals surface area contributed by atoms with Crippen LogP contribution in [0.15, 0.2) is 95.9 Å². The molecular formula is C29H26F2N2O4S. The standard InChI is InChI=1S/C29H26F2N2O4S/c1-20-3-16-28(21(2)17-20)32-29(34)33(18-22-4-8-24(30)9-5-22)19-23-6-12-26(13-7-23)37-38(35,36)27-14-10-25(31)11-15-27/h3-17H,18-19H2,1-2H3,(H,32,34). The van der Waals surface area contributed by atoms with Crippen molar-refractivity contribution in [1.29, 1.82) is 0 Å². The summed E-state index contributed by atoms with van der Waals surface area (Å²) in [7, 11) is -4.14. The van der Waals surface area contributed by atoms with Crippen LogP contribution in [0.4, 0.5) is 19.3 Å². The third kappa shape index (κ3) is 6.95. The molecule has 0 aromatic heterocycles. The minimum atomic E-state index is -4.14. The second-order valence-corrected chi connectivity index (χ2v) is 10.4. The van der Waals surface area contributed by atoms with Crippen molar-refractivity contribution < 1.29 is 26.2 Å². The lowest BCUT2D eigenvalue weighted by Gasteiger charge is -2.24. The number of carbonyl (C=O) groups excluding carboxylic acids is 1. The Balaban J connectivity index is 1.51. The zero-order valence-corrected chi connectivity index (χ0v) is 21.6. The van der Waals surface area contributed by atoms with Crippen LogP contribution in [0.3, 0.4) is 0 Å². The summed E-state index contributed by atoms with van der Waals surface area (Å²) in [5.74, 6) is -0.853. The number of nitrogens with zero attached hydrogens (tertiary/aromatic N) is 1. The van der Waals surface area contributed by atoms with Gasteiger partial charge in [-0.15, -0.1) is 0 Å². The molecule has 2 amide bonds. The first-order valence-corrected chi connectivity index (χ1v) is 13.2. The lowest BCUT2D eigenvalue weighted by Crippen LogP contribution is -2.34. The van der Waals surface area contributed by atoms with E-state index in [9.17, 15) is 22.0 Å². The first-order valence-electron chi connectivity index (χ1n) is 11.8. The summed E-state index contributed by atoms with van der Waals surface area (Å²) in [6, 6.07) is 21.9. The molecule has 0 heterocycles. The molecule has 0 unspecified atom stereocenters. The highest BCUT2D eigenvalue weighted by Gasteiger charge is 2.18. The average Bonchev–Trinajstić information content (AvgIpc) is 2.88. The normalized spacial score (nSPS) is 11.2. The quantitative estimate of drug-likeness (QED) is 0.258. The molecule has 0 atom stereocenters. The summed E-state index contributed by atoms with van der Waals surface area (Å²) in [6.45, 7) is 4.29. The van der Waals surface area contributed by atoms with E-state index in [4.69, 9.17) is 4.18 Å². The zero-order valence-electron chi connectivity index (χ0n) is 20.8. The number of nitrogens with one attached hydrogen (secondary N) is 1. The number of hydrogen-bond donors (Lipinski definition) is 1. The predicted octanol–water partition coefficient (Wildman–Crippen LogP) is 6.58. The fraction of sp³-hybridized carbons (Fsp3) is 0.138. The van der Waals surface area contributed by atoms with Crippen molar-refractivity contribution in [3.05, 3.63) is 125 Å². The molecule has 0 radical (unpaired) electrons. The van der Waals surface area contributed by atoms with Crippen molar-refractivity contribution in [2.75, 3.05) is 5.32 Å². The Kier molecular flexibility index (Phi) is 8.07. The predicted molar refractivity (Wildman–Crippen MR) is 141 cm³/mol. The van der Waals surface area contributed by atoms with Crippen LogP contribution in [-0.4, -0.2) is 19.3 Å². The van der Waals surface area contributed by atoms with Gasteiger partial charge in [-0.05, 0) is 85.1 Å². The second-order valence-electron chi connectivity index (χ2n) is 8.87. The van der Waals surface area contributed by atoms with E-state index in [1.54, 1.807) is 29.2 Å². The SMILES string of the molecule is Cc1ccc(NC(=O)N(Cc2ccc(F)cc2)Cc2ccc(OS(=O)(=O)c3ccc(F)cc3)cc2)c(C)c1. The highest BCUT2D eigenvalue weighted by molar-refractivity contribution is 7.87. The summed E-state index contributed by atoms with van der Waals surface area (Å²) in [6.07, 6.45) is 0. The van der Waals surface area contributed by atoms with Crippen LogP contribution in [0.2, 0.25) is 0 Å². The first kappa shape index (κ1) is 26.8. The lowest BCUT2D eigenvalue weighted by molar-refractivity contribution is 0.206. The minimum absolute atomic E-state index is 0.0721. The van der Waals surface area contributed by atoms with Crippen LogP contribution in [0.25, 0.3) is 0 Å². The maximum Gasteiger partial charge on any atom is 0.339 e. The molecule has 4 rings (SSSR count). The second kappa shape index (κ2) is 11.4. The number of rotatable bonds is 8. The first-order chi connectivity index (χ1) is 18.1. The van der Waals surface area contributed by atoms with Crippen molar-refractivity contribution in [3.63, 3.8) is 0 Å². The Morgan fingerprint density at radius 2 is 1.32 bits per heavy atom. The van der Waals surface area contributed by atoms with Gasteiger partial charge in [0, 0.05) is 18.8 Å². The molecule has 0 aliphatic carbocycles. The number of benzene rings is 4. The van der Waals surface area contributed by atoms with Gasteiger partial charge in [-0.1, -0.05) is 42.0 Å². The molecule has 0 spiro atoms. The molecule has 4 aromatic rings. The van der Waals surface area contributed by atoms with Gasteiger partial charge in [0.1, 0.15) is 22.3 Å². The highest BCUT2D eigenvalue weighted by atomic mass is 32.2. The Morgan fingerprint density at radius 1 is 0.789 bits per heavy atom. The summed E-state index contributed by atoms with van der Waals surface area (Å²) in [5.41, 5.74) is 4.14. The number of carbonyl (C=O) groups is 1. The highest BCUT2D eigenvalue weighted by Crippen LogP contribution is 2.22. The lowest BCUT2D eigenvalue weighted by atomic mass is 10.1. The smallest absolute Gasteiger partial charge is 0.339 e. The molecule has 196 valence electrons. The van der Waals surface area contributed by atoms with Crippen LogP contribution in [0.1, 0.15) is 22.3 Å². The van der Waals surface area contributed by atoms with Crippen molar-refractivity contribution in [2.45, 2.75) is 31.8 Å². The topological polar surface area (TPSA) is 75.7 Å². The van der Waals surface area contributed by atoms with E-state index in [1.807, 2.05) is 32.0 Å². The summed E-state index contributed by atoms with van der Waals surface area (Å²) >= 11 is 0. The fourth-order valence-electron chi connectivity index (χ4n) is 3.80. The molecule has 0 aliphatic rings. The van der Waals surface area contributed by atoms with Crippen LogP contribution < -0.4 is 9.50 Å². The van der Waals surface area contributed by atoms with Crippen molar-refractivity contribution in [1.82, 2.24) is 4.90 Å². The average molecular weight is 537 g/mol. The Bertz CT molecular complexity index is 1520. The number of halogens is 2. The van der Waals surface area contributed by atoms with Gasteiger partial charge in [-0.3, -0.25) is 0 Å². The van der Waals surface area contributed by atoms with Crippen molar-refractivity contribution >= 4 is 21.8 Å². The number of urea groups is 1. The maximum absolute atomic E-state index is 13.4. The molecule has 0 aliphatic heterocycles. The molecular weight excluding hydrogens is 510 g/mol. The molecule has 6 nitrogen and oxygen atoms in total. The summed E-state index contributed by atoms with van der Waals surface area (Å²) in [4.78, 5) is 14.7. The number of amides is 2. The van der Waals surface area contributed by atoms with Crippen molar-refractivity contribution in [3.8, 4) is 5.75 Å². The van der Waals surface area contributed by atoms with E-state index in [0.717, 1.165) is 46.5 Å². The minimum Gasteiger partial charge on any atom is -0.379 e. The number of hydrogen-bond acceptors (Lipinski definition) is 4. The van der Waals surface area contributed by atoms with Gasteiger partial charge < -0.3 is 14.4 Å². The molecule has 0 saturated heterocycles. The van der Waals surface area contributed by atoms with Gasteiger partial charge >= 0.3 is 16.1 Å². The molecule has 0 fully saturated rings. The Morgan fingerprint density at radius 3 is 1.87 bits per heavy atom. The van der Waals surface area contributed by atoms with Crippen LogP contribution in [0, 0.1) is 25.5 Å². The monoisotopic (exact) mass is 536 g/mol. The van der Waals surface area contributed by atoms with Crippen LogP contribution in [-0.2, 0) is 23.2 Å². The van der Waals surface area contributed by atoms with E-state index in [2.05, 4.69) is 5.32 Å². The molecule has 0 bridgehead atoms. The zero-order chi connectivity index (χ0) is 27.3. The van der Waals surface area contributed by atoms with E-state index in [0.29, 0.717) is 5.69 Å². The van der Waals surface area contributed by atoms with Crippen LogP contribution in [0.5, 0.6) is 5.75 Å².